The number of rotatable bonds is 5. The van der Waals surface area contributed by atoms with E-state index in [9.17, 15) is 19.8 Å². The Morgan fingerprint density at radius 3 is 2.32 bits per heavy atom. The second kappa shape index (κ2) is 6.42. The zero-order valence-electron chi connectivity index (χ0n) is 16.0. The minimum absolute atomic E-state index is 0.109. The molecule has 2 fully saturated rings. The van der Waals surface area contributed by atoms with Crippen LogP contribution in [0.5, 0.6) is 0 Å². The highest BCUT2D eigenvalue weighted by Crippen LogP contribution is 2.67. The number of carbonyl (C=O) groups is 2. The van der Waals surface area contributed by atoms with Crippen molar-refractivity contribution in [3.8, 4) is 0 Å². The van der Waals surface area contributed by atoms with Crippen LogP contribution in [0.4, 0.5) is 0 Å². The standard InChI is InChI=1S/C20H32O5/c1-12(10-16(21)22)6-8-18(3)13(2)7-9-19(4)15(18)11-14(17(23)24)20(19,5)25/h10,13-15,25H,6-9,11H2,1-5H3,(H,21,22)(H,23,24). The molecule has 0 aliphatic heterocycles. The molecule has 5 heteroatoms. The first-order chi connectivity index (χ1) is 11.4. The van der Waals surface area contributed by atoms with Gasteiger partial charge in [-0.25, -0.2) is 4.79 Å². The van der Waals surface area contributed by atoms with E-state index in [-0.39, 0.29) is 11.3 Å². The maximum absolute atomic E-state index is 11.7. The van der Waals surface area contributed by atoms with Crippen molar-refractivity contribution < 1.29 is 24.9 Å². The van der Waals surface area contributed by atoms with Crippen molar-refractivity contribution in [2.45, 2.75) is 72.3 Å². The number of aliphatic hydroxyl groups is 1. The van der Waals surface area contributed by atoms with Crippen LogP contribution < -0.4 is 0 Å². The summed E-state index contributed by atoms with van der Waals surface area (Å²) < 4.78 is 0. The van der Waals surface area contributed by atoms with E-state index in [4.69, 9.17) is 5.11 Å². The number of hydrogen-bond donors (Lipinski definition) is 3. The van der Waals surface area contributed by atoms with Crippen molar-refractivity contribution in [2.24, 2.45) is 28.6 Å². The maximum Gasteiger partial charge on any atom is 0.328 e. The molecule has 2 aliphatic rings. The number of fused-ring (bicyclic) bond motifs is 1. The van der Waals surface area contributed by atoms with Crippen LogP contribution >= 0.6 is 0 Å². The Labute approximate surface area is 150 Å². The maximum atomic E-state index is 11.7. The molecule has 0 aromatic rings. The van der Waals surface area contributed by atoms with E-state index >= 15 is 0 Å². The molecule has 0 amide bonds. The SMILES string of the molecule is CC(=CC(=O)O)CCC1(C)C(C)CCC2(C)C1CC(C(=O)O)C2(C)O. The van der Waals surface area contributed by atoms with E-state index in [0.29, 0.717) is 18.8 Å². The number of aliphatic carboxylic acids is 2. The van der Waals surface area contributed by atoms with Crippen LogP contribution in [-0.4, -0.2) is 32.9 Å². The molecule has 6 atom stereocenters. The number of carboxylic acid groups (broad SMARTS) is 2. The molecule has 25 heavy (non-hydrogen) atoms. The molecule has 0 saturated heterocycles. The van der Waals surface area contributed by atoms with Crippen LogP contribution in [0.25, 0.3) is 0 Å². The number of carboxylic acids is 2. The lowest BCUT2D eigenvalue weighted by Gasteiger charge is -2.56. The topological polar surface area (TPSA) is 94.8 Å². The third kappa shape index (κ3) is 3.12. The van der Waals surface area contributed by atoms with Crippen molar-refractivity contribution in [1.29, 1.82) is 0 Å². The highest BCUT2D eigenvalue weighted by Gasteiger charge is 2.67. The summed E-state index contributed by atoms with van der Waals surface area (Å²) in [5.74, 6) is -2.08. The quantitative estimate of drug-likeness (QED) is 0.656. The van der Waals surface area contributed by atoms with Gasteiger partial charge >= 0.3 is 11.9 Å². The smallest absolute Gasteiger partial charge is 0.328 e. The summed E-state index contributed by atoms with van der Waals surface area (Å²) >= 11 is 0. The lowest BCUT2D eigenvalue weighted by molar-refractivity contribution is -0.161. The summed E-state index contributed by atoms with van der Waals surface area (Å²) in [5, 5.41) is 29.7. The van der Waals surface area contributed by atoms with Crippen LogP contribution in [0.15, 0.2) is 11.6 Å². The Balaban J connectivity index is 2.34. The Morgan fingerprint density at radius 1 is 1.20 bits per heavy atom. The van der Waals surface area contributed by atoms with Gasteiger partial charge in [0.2, 0.25) is 0 Å². The van der Waals surface area contributed by atoms with Gasteiger partial charge in [0.05, 0.1) is 11.5 Å². The predicted molar refractivity (Wildman–Crippen MR) is 95.1 cm³/mol. The van der Waals surface area contributed by atoms with E-state index in [1.165, 1.54) is 6.08 Å². The molecular weight excluding hydrogens is 320 g/mol. The van der Waals surface area contributed by atoms with Crippen molar-refractivity contribution in [3.63, 3.8) is 0 Å². The van der Waals surface area contributed by atoms with Crippen LogP contribution in [-0.2, 0) is 9.59 Å². The van der Waals surface area contributed by atoms with Crippen molar-refractivity contribution in [1.82, 2.24) is 0 Å². The van der Waals surface area contributed by atoms with Gasteiger partial charge < -0.3 is 15.3 Å². The average molecular weight is 352 g/mol. The normalized spacial score (nSPS) is 44.4. The largest absolute Gasteiger partial charge is 0.481 e. The highest BCUT2D eigenvalue weighted by molar-refractivity contribution is 5.80. The highest BCUT2D eigenvalue weighted by atomic mass is 16.4. The Hall–Kier alpha value is -1.36. The first-order valence-corrected chi connectivity index (χ1v) is 9.21. The molecule has 2 rings (SSSR count). The lowest BCUT2D eigenvalue weighted by atomic mass is 9.50. The second-order valence-corrected chi connectivity index (χ2v) is 9.02. The Bertz CT molecular complexity index is 593. The van der Waals surface area contributed by atoms with E-state index in [1.54, 1.807) is 6.92 Å². The minimum atomic E-state index is -1.23. The fourth-order valence-electron chi connectivity index (χ4n) is 5.60. The summed E-state index contributed by atoms with van der Waals surface area (Å²) in [6, 6.07) is 0. The molecule has 0 spiro atoms. The lowest BCUT2D eigenvalue weighted by Crippen LogP contribution is -2.54. The van der Waals surface area contributed by atoms with Crippen molar-refractivity contribution >= 4 is 11.9 Å². The summed E-state index contributed by atoms with van der Waals surface area (Å²) in [7, 11) is 0. The molecule has 0 bridgehead atoms. The zero-order chi connectivity index (χ0) is 19.2. The van der Waals surface area contributed by atoms with Gasteiger partial charge in [-0.1, -0.05) is 26.3 Å². The van der Waals surface area contributed by atoms with Gasteiger partial charge in [0, 0.05) is 11.5 Å². The monoisotopic (exact) mass is 352 g/mol. The third-order valence-electron chi connectivity index (χ3n) is 7.82. The van der Waals surface area contributed by atoms with Gasteiger partial charge in [0.25, 0.3) is 0 Å². The minimum Gasteiger partial charge on any atom is -0.481 e. The molecule has 6 unspecified atom stereocenters. The van der Waals surface area contributed by atoms with E-state index < -0.39 is 28.9 Å². The zero-order valence-corrected chi connectivity index (χ0v) is 16.0. The number of allylic oxidation sites excluding steroid dienone is 1. The molecule has 5 nitrogen and oxygen atoms in total. The molecule has 2 aliphatic carbocycles. The second-order valence-electron chi connectivity index (χ2n) is 9.02. The molecule has 0 heterocycles. The molecule has 142 valence electrons. The number of hydrogen-bond acceptors (Lipinski definition) is 3. The van der Waals surface area contributed by atoms with Crippen LogP contribution in [0.3, 0.4) is 0 Å². The van der Waals surface area contributed by atoms with Gasteiger partial charge in [0.1, 0.15) is 0 Å². The fourth-order valence-corrected chi connectivity index (χ4v) is 5.60. The van der Waals surface area contributed by atoms with Gasteiger partial charge in [0.15, 0.2) is 0 Å². The summed E-state index contributed by atoms with van der Waals surface area (Å²) in [6.07, 6.45) is 5.01. The first-order valence-electron chi connectivity index (χ1n) is 9.21. The molecule has 3 N–H and O–H groups in total. The molecule has 0 radical (unpaired) electrons. The average Bonchev–Trinajstić information content (AvgIpc) is 2.69. The van der Waals surface area contributed by atoms with Gasteiger partial charge in [-0.2, -0.15) is 0 Å². The van der Waals surface area contributed by atoms with Gasteiger partial charge in [-0.15, -0.1) is 0 Å². The van der Waals surface area contributed by atoms with E-state index in [2.05, 4.69) is 13.8 Å². The van der Waals surface area contributed by atoms with Gasteiger partial charge in [-0.05, 0) is 63.2 Å². The van der Waals surface area contributed by atoms with Crippen LogP contribution in [0, 0.1) is 28.6 Å². The molecular formula is C20H32O5. The van der Waals surface area contributed by atoms with E-state index in [0.717, 1.165) is 24.8 Å². The Morgan fingerprint density at radius 2 is 1.80 bits per heavy atom. The first kappa shape index (κ1) is 20.0. The van der Waals surface area contributed by atoms with Crippen LogP contribution in [0.2, 0.25) is 0 Å². The Kier molecular flexibility index (Phi) is 5.12. The summed E-state index contributed by atoms with van der Waals surface area (Å²) in [6.45, 7) is 9.98. The summed E-state index contributed by atoms with van der Waals surface area (Å²) in [4.78, 5) is 22.6. The molecule has 2 saturated carbocycles. The van der Waals surface area contributed by atoms with Crippen molar-refractivity contribution in [2.75, 3.05) is 0 Å². The van der Waals surface area contributed by atoms with Crippen LogP contribution in [0.1, 0.15) is 66.7 Å². The van der Waals surface area contributed by atoms with Gasteiger partial charge in [-0.3, -0.25) is 4.79 Å². The summed E-state index contributed by atoms with van der Waals surface area (Å²) in [5.41, 5.74) is -0.944. The van der Waals surface area contributed by atoms with Crippen molar-refractivity contribution in [3.05, 3.63) is 11.6 Å². The van der Waals surface area contributed by atoms with E-state index in [1.807, 2.05) is 13.8 Å². The fraction of sp³-hybridized carbons (Fsp3) is 0.800. The molecule has 0 aromatic heterocycles. The third-order valence-corrected chi connectivity index (χ3v) is 7.82. The molecule has 0 aromatic carbocycles. The predicted octanol–water partition coefficient (Wildman–Crippen LogP) is 3.71.